The summed E-state index contributed by atoms with van der Waals surface area (Å²) >= 11 is 0. The zero-order chi connectivity index (χ0) is 22.8. The van der Waals surface area contributed by atoms with Crippen molar-refractivity contribution >= 4 is 29.3 Å². The van der Waals surface area contributed by atoms with E-state index in [-0.39, 0.29) is 28.8 Å². The number of benzene rings is 1. The van der Waals surface area contributed by atoms with E-state index in [4.69, 9.17) is 5.73 Å². The number of nitrogens with two attached hydrogens (primary N) is 1. The second-order valence-corrected chi connectivity index (χ2v) is 9.24. The van der Waals surface area contributed by atoms with Gasteiger partial charge >= 0.3 is 0 Å². The van der Waals surface area contributed by atoms with Crippen molar-refractivity contribution in [2.45, 2.75) is 50.4 Å². The highest BCUT2D eigenvalue weighted by atomic mass is 19.3. The Balaban J connectivity index is 1.36. The summed E-state index contributed by atoms with van der Waals surface area (Å²) in [5, 5.41) is 22.2. The van der Waals surface area contributed by atoms with E-state index >= 15 is 0 Å². The van der Waals surface area contributed by atoms with Crippen LogP contribution in [0.15, 0.2) is 47.6 Å². The van der Waals surface area contributed by atoms with Crippen molar-refractivity contribution < 1.29 is 19.0 Å². The molecule has 6 nitrogen and oxygen atoms in total. The first kappa shape index (κ1) is 21.0. The minimum atomic E-state index is -3.05. The third kappa shape index (κ3) is 3.12. The van der Waals surface area contributed by atoms with E-state index < -0.39 is 18.1 Å². The maximum absolute atomic E-state index is 13.7. The second kappa shape index (κ2) is 7.08. The van der Waals surface area contributed by atoms with E-state index in [9.17, 15) is 19.0 Å². The first-order valence-corrected chi connectivity index (χ1v) is 10.7. The van der Waals surface area contributed by atoms with Gasteiger partial charge in [0.25, 0.3) is 5.92 Å². The van der Waals surface area contributed by atoms with Crippen molar-refractivity contribution in [2.75, 3.05) is 5.73 Å². The molecule has 3 aromatic rings. The molecule has 0 radical (unpaired) electrons. The molecule has 4 N–H and O–H groups in total. The number of hydrogen-bond donors (Lipinski definition) is 3. The molecule has 0 amide bonds. The van der Waals surface area contributed by atoms with Crippen molar-refractivity contribution in [3.8, 4) is 0 Å². The van der Waals surface area contributed by atoms with Crippen molar-refractivity contribution in [2.24, 2.45) is 16.3 Å². The number of aromatic nitrogens is 2. The number of aryl methyl sites for hydroxylation is 1. The summed E-state index contributed by atoms with van der Waals surface area (Å²) in [4.78, 5) is 8.21. The molecular formula is C24H26F2N4O2. The average Bonchev–Trinajstić information content (AvgIpc) is 3.19. The van der Waals surface area contributed by atoms with Crippen LogP contribution in [0.1, 0.15) is 36.9 Å². The van der Waals surface area contributed by atoms with Gasteiger partial charge in [0.15, 0.2) is 0 Å². The Kier molecular flexibility index (Phi) is 4.65. The Morgan fingerprint density at radius 2 is 2.09 bits per heavy atom. The Hall–Kier alpha value is -2.84. The van der Waals surface area contributed by atoms with E-state index in [0.717, 1.165) is 18.9 Å². The highest BCUT2D eigenvalue weighted by Gasteiger charge is 2.70. The number of aliphatic hydroxyl groups excluding tert-OH is 2. The molecule has 168 valence electrons. The number of fused-ring (bicyclic) bond motifs is 2. The molecule has 0 bridgehead atoms. The topological polar surface area (TPSA) is 96.7 Å². The third-order valence-corrected chi connectivity index (χ3v) is 7.36. The molecule has 0 unspecified atom stereocenters. The van der Waals surface area contributed by atoms with Gasteiger partial charge in [0.1, 0.15) is 17.7 Å². The fraction of sp³-hybridized carbons (Fsp3) is 0.417. The number of alkyl halides is 2. The highest BCUT2D eigenvalue weighted by molar-refractivity contribution is 5.82. The van der Waals surface area contributed by atoms with Crippen molar-refractivity contribution in [3.63, 3.8) is 0 Å². The van der Waals surface area contributed by atoms with Crippen LogP contribution in [0, 0.1) is 11.3 Å². The standard InChI is InChI=1S/C24H26F2N4O2/c1-23(25,26)15-11-14-6-5-13(10-17(14)29-22(15)27)7-8-24-12-16(24)19(20(31)21(24)32)30-9-3-4-18(30)28-2/h3-6,9-11,16,19-21,31-32H,2,7-8,12H2,1H3,(H2,27,29)/t16-,19-,20+,21+,24+/m1/s1. The summed E-state index contributed by atoms with van der Waals surface area (Å²) in [5.41, 5.74) is 6.71. The van der Waals surface area contributed by atoms with E-state index in [2.05, 4.69) is 16.7 Å². The summed E-state index contributed by atoms with van der Waals surface area (Å²) in [6.07, 6.45) is 2.39. The maximum Gasteiger partial charge on any atom is 0.274 e. The van der Waals surface area contributed by atoms with Gasteiger partial charge in [-0.25, -0.2) is 18.8 Å². The van der Waals surface area contributed by atoms with Crippen molar-refractivity contribution in [1.82, 2.24) is 9.55 Å². The summed E-state index contributed by atoms with van der Waals surface area (Å²) in [6.45, 7) is 4.40. The monoisotopic (exact) mass is 440 g/mol. The molecule has 2 aliphatic rings. The van der Waals surface area contributed by atoms with Crippen molar-refractivity contribution in [1.29, 1.82) is 0 Å². The number of aliphatic imine (C=N–C) groups is 1. The van der Waals surface area contributed by atoms with Gasteiger partial charge in [0.05, 0.1) is 23.2 Å². The van der Waals surface area contributed by atoms with Crippen LogP contribution in [0.25, 0.3) is 10.9 Å². The summed E-state index contributed by atoms with van der Waals surface area (Å²) in [5.74, 6) is -2.39. The molecule has 1 aromatic carbocycles. The molecule has 32 heavy (non-hydrogen) atoms. The number of nitrogen functional groups attached to an aromatic ring is 1. The fourth-order valence-electron chi connectivity index (χ4n) is 5.59. The molecule has 5 rings (SSSR count). The van der Waals surface area contributed by atoms with Gasteiger partial charge in [-0.3, -0.25) is 0 Å². The Morgan fingerprint density at radius 1 is 1.31 bits per heavy atom. The number of rotatable bonds is 6. The van der Waals surface area contributed by atoms with Gasteiger partial charge < -0.3 is 20.5 Å². The maximum atomic E-state index is 13.7. The molecule has 2 fully saturated rings. The minimum absolute atomic E-state index is 0.156. The van der Waals surface area contributed by atoms with Gasteiger partial charge in [-0.1, -0.05) is 12.1 Å². The fourth-order valence-corrected chi connectivity index (χ4v) is 5.59. The number of hydrogen-bond acceptors (Lipinski definition) is 5. The number of nitrogens with zero attached hydrogens (tertiary/aromatic N) is 3. The zero-order valence-corrected chi connectivity index (χ0v) is 17.7. The number of aliphatic hydroxyl groups is 2. The van der Waals surface area contributed by atoms with E-state index in [1.165, 1.54) is 6.07 Å². The van der Waals surface area contributed by atoms with E-state index in [0.29, 0.717) is 29.6 Å². The lowest BCUT2D eigenvalue weighted by atomic mass is 9.91. The lowest BCUT2D eigenvalue weighted by molar-refractivity contribution is -0.0194. The average molecular weight is 440 g/mol. The summed E-state index contributed by atoms with van der Waals surface area (Å²) < 4.78 is 29.4. The number of halogens is 2. The van der Waals surface area contributed by atoms with Gasteiger partial charge in [-0.2, -0.15) is 0 Å². The van der Waals surface area contributed by atoms with E-state index in [1.807, 2.05) is 35.0 Å². The predicted octanol–water partition coefficient (Wildman–Crippen LogP) is 3.98. The number of anilines is 1. The van der Waals surface area contributed by atoms with Crippen molar-refractivity contribution in [3.05, 3.63) is 53.7 Å². The predicted molar refractivity (Wildman–Crippen MR) is 119 cm³/mol. The Labute approximate surface area is 184 Å². The first-order chi connectivity index (χ1) is 15.2. The molecule has 8 heteroatoms. The molecular weight excluding hydrogens is 414 g/mol. The number of pyridine rings is 1. The lowest BCUT2D eigenvalue weighted by Gasteiger charge is -2.25. The molecule has 0 aliphatic heterocycles. The molecule has 2 aliphatic carbocycles. The van der Waals surface area contributed by atoms with Crippen LogP contribution in [0.5, 0.6) is 0 Å². The first-order valence-electron chi connectivity index (χ1n) is 10.7. The van der Waals surface area contributed by atoms with Crippen LogP contribution in [0.4, 0.5) is 20.4 Å². The zero-order valence-electron chi connectivity index (χ0n) is 17.7. The molecule has 2 heterocycles. The normalized spacial score (nSPS) is 29.3. The van der Waals surface area contributed by atoms with Crippen LogP contribution in [0.3, 0.4) is 0 Å². The molecule has 2 aromatic heterocycles. The van der Waals surface area contributed by atoms with Crippen LogP contribution >= 0.6 is 0 Å². The third-order valence-electron chi connectivity index (χ3n) is 7.36. The lowest BCUT2D eigenvalue weighted by Crippen LogP contribution is -2.34. The summed E-state index contributed by atoms with van der Waals surface area (Å²) in [6, 6.07) is 10.4. The van der Waals surface area contributed by atoms with Gasteiger partial charge in [0.2, 0.25) is 0 Å². The largest absolute Gasteiger partial charge is 0.390 e. The molecule has 5 atom stereocenters. The van der Waals surface area contributed by atoms with Gasteiger partial charge in [-0.05, 0) is 61.7 Å². The minimum Gasteiger partial charge on any atom is -0.390 e. The summed E-state index contributed by atoms with van der Waals surface area (Å²) in [7, 11) is 0. The second-order valence-electron chi connectivity index (χ2n) is 9.24. The Bertz CT molecular complexity index is 1200. The quantitative estimate of drug-likeness (QED) is 0.505. The SMILES string of the molecule is C=Nc1cccn1[C@H]1[C@H](O)[C@H](O)[C@@]2(CCc3ccc4cc(C(C)(F)F)c(N)nc4c3)C[C@H]12. The Morgan fingerprint density at radius 3 is 2.81 bits per heavy atom. The molecule has 0 spiro atoms. The smallest absolute Gasteiger partial charge is 0.274 e. The molecule has 0 saturated heterocycles. The van der Waals surface area contributed by atoms with Crippen LogP contribution < -0.4 is 5.73 Å². The van der Waals surface area contributed by atoms with Crippen LogP contribution in [-0.2, 0) is 12.3 Å². The van der Waals surface area contributed by atoms with E-state index in [1.54, 1.807) is 6.07 Å². The highest BCUT2D eigenvalue weighted by Crippen LogP contribution is 2.69. The van der Waals surface area contributed by atoms with Gasteiger partial charge in [-0.15, -0.1) is 0 Å². The van der Waals surface area contributed by atoms with Crippen LogP contribution in [-0.4, -0.2) is 38.7 Å². The van der Waals surface area contributed by atoms with Gasteiger partial charge in [0, 0.05) is 23.9 Å². The van der Waals surface area contributed by atoms with Crippen LogP contribution in [0.2, 0.25) is 0 Å². The molecule has 2 saturated carbocycles.